The second-order valence-corrected chi connectivity index (χ2v) is 6.76. The topological polar surface area (TPSA) is 54.8 Å². The van der Waals surface area contributed by atoms with Gasteiger partial charge in [-0.3, -0.25) is 0 Å². The minimum atomic E-state index is 0.192. The van der Waals surface area contributed by atoms with Crippen LogP contribution in [0.4, 0.5) is 5.13 Å². The molecule has 3 heterocycles. The molecule has 5 nitrogen and oxygen atoms in total. The molecule has 2 aromatic heterocycles. The van der Waals surface area contributed by atoms with E-state index in [-0.39, 0.29) is 6.04 Å². The molecule has 1 fully saturated rings. The van der Waals surface area contributed by atoms with E-state index < -0.39 is 0 Å². The van der Waals surface area contributed by atoms with Gasteiger partial charge >= 0.3 is 0 Å². The second-order valence-electron chi connectivity index (χ2n) is 6.03. The molecular formula is C18H19N5S. The third kappa shape index (κ3) is 2.89. The lowest BCUT2D eigenvalue weighted by Crippen LogP contribution is -2.34. The fraction of sp³-hybridized carbons (Fsp3) is 0.333. The van der Waals surface area contributed by atoms with Crippen LogP contribution in [0.5, 0.6) is 0 Å². The lowest BCUT2D eigenvalue weighted by molar-refractivity contribution is 0.455. The van der Waals surface area contributed by atoms with E-state index in [2.05, 4.69) is 38.3 Å². The average Bonchev–Trinajstić information content (AvgIpc) is 3.12. The van der Waals surface area contributed by atoms with Gasteiger partial charge < -0.3 is 4.90 Å². The van der Waals surface area contributed by atoms with E-state index >= 15 is 0 Å². The Morgan fingerprint density at radius 3 is 2.75 bits per heavy atom. The van der Waals surface area contributed by atoms with Gasteiger partial charge in [-0.15, -0.1) is 0 Å². The second kappa shape index (κ2) is 6.65. The number of nitrogens with zero attached hydrogens (tertiary/aromatic N) is 5. The first-order chi connectivity index (χ1) is 11.8. The summed E-state index contributed by atoms with van der Waals surface area (Å²) in [5.41, 5.74) is 2.30. The molecule has 0 saturated carbocycles. The Morgan fingerprint density at radius 1 is 1.08 bits per heavy atom. The summed E-state index contributed by atoms with van der Waals surface area (Å²) < 4.78 is 4.60. The molecule has 1 aliphatic heterocycles. The zero-order valence-corrected chi connectivity index (χ0v) is 14.4. The lowest BCUT2D eigenvalue weighted by atomic mass is 10.0. The van der Waals surface area contributed by atoms with Crippen molar-refractivity contribution in [1.82, 2.24) is 19.3 Å². The lowest BCUT2D eigenvalue weighted by Gasteiger charge is -2.34. The smallest absolute Gasteiger partial charge is 0.206 e. The van der Waals surface area contributed by atoms with Crippen molar-refractivity contribution in [3.05, 3.63) is 54.1 Å². The van der Waals surface area contributed by atoms with E-state index in [0.717, 1.165) is 35.3 Å². The Labute approximate surface area is 145 Å². The van der Waals surface area contributed by atoms with Gasteiger partial charge in [-0.25, -0.2) is 9.97 Å². The van der Waals surface area contributed by atoms with Gasteiger partial charge in [0, 0.05) is 36.0 Å². The van der Waals surface area contributed by atoms with Crippen molar-refractivity contribution in [3.8, 4) is 11.4 Å². The first kappa shape index (κ1) is 15.2. The zero-order chi connectivity index (χ0) is 16.4. The van der Waals surface area contributed by atoms with Gasteiger partial charge in [0.15, 0.2) is 11.6 Å². The number of piperidine rings is 1. The van der Waals surface area contributed by atoms with Crippen LogP contribution < -0.4 is 4.90 Å². The summed E-state index contributed by atoms with van der Waals surface area (Å²) in [7, 11) is 0. The predicted octanol–water partition coefficient (Wildman–Crippen LogP) is 4.04. The molecule has 6 heteroatoms. The van der Waals surface area contributed by atoms with Crippen molar-refractivity contribution in [2.45, 2.75) is 32.2 Å². The van der Waals surface area contributed by atoms with Gasteiger partial charge in [-0.05, 0) is 37.8 Å². The molecule has 3 aromatic rings. The number of benzene rings is 1. The molecule has 1 saturated heterocycles. The number of rotatable bonds is 3. The van der Waals surface area contributed by atoms with Crippen LogP contribution in [-0.4, -0.2) is 25.9 Å². The molecular weight excluding hydrogens is 318 g/mol. The maximum Gasteiger partial charge on any atom is 0.206 e. The first-order valence-corrected chi connectivity index (χ1v) is 9.03. The summed E-state index contributed by atoms with van der Waals surface area (Å²) in [6.07, 6.45) is 7.05. The standard InChI is InChI=1S/C18H19N5S/c1-13-7-2-3-8-14(13)16-21-18(24-22-16)23-12-5-4-9-15(23)17-19-10-6-11-20-17/h2-3,6-8,10-11,15H,4-5,9,12H2,1H3. The Kier molecular flexibility index (Phi) is 4.21. The molecule has 0 radical (unpaired) electrons. The van der Waals surface area contributed by atoms with Gasteiger partial charge in [0.2, 0.25) is 5.13 Å². The third-order valence-corrected chi connectivity index (χ3v) is 5.19. The zero-order valence-electron chi connectivity index (χ0n) is 13.6. The molecule has 24 heavy (non-hydrogen) atoms. The van der Waals surface area contributed by atoms with E-state index in [0.29, 0.717) is 0 Å². The van der Waals surface area contributed by atoms with Gasteiger partial charge in [-0.1, -0.05) is 24.3 Å². The fourth-order valence-electron chi connectivity index (χ4n) is 3.18. The van der Waals surface area contributed by atoms with Crippen LogP contribution in [0.15, 0.2) is 42.7 Å². The van der Waals surface area contributed by atoms with Crippen LogP contribution in [0.2, 0.25) is 0 Å². The summed E-state index contributed by atoms with van der Waals surface area (Å²) in [4.78, 5) is 16.1. The summed E-state index contributed by atoms with van der Waals surface area (Å²) in [6, 6.07) is 10.3. The van der Waals surface area contributed by atoms with Crippen LogP contribution in [-0.2, 0) is 0 Å². The monoisotopic (exact) mass is 337 g/mol. The normalized spacial score (nSPS) is 17.9. The Bertz CT molecular complexity index is 817. The summed E-state index contributed by atoms with van der Waals surface area (Å²) in [5, 5.41) is 0.963. The van der Waals surface area contributed by atoms with Gasteiger partial charge in [0.25, 0.3) is 0 Å². The highest BCUT2D eigenvalue weighted by molar-refractivity contribution is 7.09. The molecule has 0 aliphatic carbocycles. The predicted molar refractivity (Wildman–Crippen MR) is 96.1 cm³/mol. The number of hydrogen-bond donors (Lipinski definition) is 0. The third-order valence-electron chi connectivity index (χ3n) is 4.43. The highest BCUT2D eigenvalue weighted by atomic mass is 32.1. The first-order valence-electron chi connectivity index (χ1n) is 8.26. The molecule has 0 amide bonds. The van der Waals surface area contributed by atoms with Gasteiger partial charge in [0.1, 0.15) is 0 Å². The molecule has 1 atom stereocenters. The Hall–Kier alpha value is -2.34. The molecule has 0 N–H and O–H groups in total. The SMILES string of the molecule is Cc1ccccc1-c1nsc(N2CCCCC2c2ncccn2)n1. The van der Waals surface area contributed by atoms with Crippen LogP contribution in [0.1, 0.15) is 36.7 Å². The maximum absolute atomic E-state index is 4.82. The van der Waals surface area contributed by atoms with Gasteiger partial charge in [-0.2, -0.15) is 9.36 Å². The molecule has 4 rings (SSSR count). The molecule has 0 bridgehead atoms. The van der Waals surface area contributed by atoms with Crippen molar-refractivity contribution in [3.63, 3.8) is 0 Å². The number of aryl methyl sites for hydroxylation is 1. The Morgan fingerprint density at radius 2 is 1.92 bits per heavy atom. The van der Waals surface area contributed by atoms with Crippen LogP contribution in [0.3, 0.4) is 0 Å². The van der Waals surface area contributed by atoms with Crippen molar-refractivity contribution >= 4 is 16.7 Å². The summed E-state index contributed by atoms with van der Waals surface area (Å²) in [6.45, 7) is 3.07. The minimum Gasteiger partial charge on any atom is -0.337 e. The summed E-state index contributed by atoms with van der Waals surface area (Å²) >= 11 is 1.47. The van der Waals surface area contributed by atoms with Crippen molar-refractivity contribution in [2.75, 3.05) is 11.4 Å². The largest absolute Gasteiger partial charge is 0.337 e. The molecule has 0 spiro atoms. The van der Waals surface area contributed by atoms with Crippen molar-refractivity contribution in [2.24, 2.45) is 0 Å². The van der Waals surface area contributed by atoms with E-state index in [1.165, 1.54) is 29.9 Å². The highest BCUT2D eigenvalue weighted by Crippen LogP contribution is 2.35. The number of hydrogen-bond acceptors (Lipinski definition) is 6. The quantitative estimate of drug-likeness (QED) is 0.722. The van der Waals surface area contributed by atoms with E-state index in [9.17, 15) is 0 Å². The van der Waals surface area contributed by atoms with E-state index in [4.69, 9.17) is 4.98 Å². The highest BCUT2D eigenvalue weighted by Gasteiger charge is 2.28. The van der Waals surface area contributed by atoms with E-state index in [1.54, 1.807) is 0 Å². The molecule has 122 valence electrons. The molecule has 1 aromatic carbocycles. The molecule has 1 unspecified atom stereocenters. The van der Waals surface area contributed by atoms with E-state index in [1.807, 2.05) is 30.6 Å². The van der Waals surface area contributed by atoms with Crippen LogP contribution >= 0.6 is 11.5 Å². The van der Waals surface area contributed by atoms with Gasteiger partial charge in [0.05, 0.1) is 6.04 Å². The van der Waals surface area contributed by atoms with Crippen LogP contribution in [0.25, 0.3) is 11.4 Å². The molecule has 1 aliphatic rings. The average molecular weight is 337 g/mol. The number of anilines is 1. The fourth-order valence-corrected chi connectivity index (χ4v) is 3.93. The van der Waals surface area contributed by atoms with Crippen LogP contribution in [0, 0.1) is 6.92 Å². The van der Waals surface area contributed by atoms with Crippen molar-refractivity contribution in [1.29, 1.82) is 0 Å². The number of aromatic nitrogens is 4. The summed E-state index contributed by atoms with van der Waals surface area (Å²) in [5.74, 6) is 1.69. The Balaban J connectivity index is 1.66. The maximum atomic E-state index is 4.82. The minimum absolute atomic E-state index is 0.192. The van der Waals surface area contributed by atoms with Crippen molar-refractivity contribution < 1.29 is 0 Å².